The molecule has 0 aliphatic rings. The Bertz CT molecular complexity index is 1400. The molecule has 4 rings (SSSR count). The van der Waals surface area contributed by atoms with Gasteiger partial charge in [-0.3, -0.25) is 4.98 Å². The van der Waals surface area contributed by atoms with Gasteiger partial charge >= 0.3 is 12.1 Å². The van der Waals surface area contributed by atoms with Gasteiger partial charge in [0.15, 0.2) is 12.2 Å². The molecule has 0 aliphatic carbocycles. The second kappa shape index (κ2) is 10.8. The highest BCUT2D eigenvalue weighted by Crippen LogP contribution is 2.46. The summed E-state index contributed by atoms with van der Waals surface area (Å²) in [7, 11) is 0. The number of pyridine rings is 1. The molecule has 0 radical (unpaired) electrons. The van der Waals surface area contributed by atoms with Gasteiger partial charge in [-0.15, -0.1) is 5.10 Å². The van der Waals surface area contributed by atoms with Gasteiger partial charge in [0.25, 0.3) is 0 Å². The maximum Gasteiger partial charge on any atom is 0.422 e. The van der Waals surface area contributed by atoms with E-state index in [1.54, 1.807) is 6.07 Å². The van der Waals surface area contributed by atoms with Crippen molar-refractivity contribution < 1.29 is 45.3 Å². The molecule has 0 fully saturated rings. The summed E-state index contributed by atoms with van der Waals surface area (Å²) in [5.41, 5.74) is -4.77. The Morgan fingerprint density at radius 1 is 0.897 bits per heavy atom. The van der Waals surface area contributed by atoms with Gasteiger partial charge in [-0.2, -0.15) is 22.0 Å². The van der Waals surface area contributed by atoms with Crippen LogP contribution in [-0.2, 0) is 24.7 Å². The Labute approximate surface area is 215 Å². The van der Waals surface area contributed by atoms with Gasteiger partial charge < -0.3 is 14.6 Å². The second-order valence-corrected chi connectivity index (χ2v) is 8.29. The number of hydrogen-bond acceptors (Lipinski definition) is 7. The van der Waals surface area contributed by atoms with E-state index in [4.69, 9.17) is 4.74 Å². The van der Waals surface area contributed by atoms with Crippen LogP contribution in [0.1, 0.15) is 16.8 Å². The predicted octanol–water partition coefficient (Wildman–Crippen LogP) is 4.55. The maximum atomic E-state index is 15.8. The number of tetrazole rings is 1. The molecule has 15 heteroatoms. The predicted molar refractivity (Wildman–Crippen MR) is 119 cm³/mol. The number of aromatic nitrogens is 5. The highest BCUT2D eigenvalue weighted by atomic mass is 19.4. The van der Waals surface area contributed by atoms with Crippen molar-refractivity contribution in [3.8, 4) is 11.5 Å². The van der Waals surface area contributed by atoms with Gasteiger partial charge in [-0.25, -0.2) is 13.5 Å². The number of nitrogens with zero attached hydrogens (tertiary/aromatic N) is 5. The standard InChI is InChI=1S/C24H18F7N5O3/c25-16-4-6-19(20(26)9-16)22(37,12-36-14-33-34-35-36)24(30,31)21-7-5-18(10-32-21)38-11-15-2-1-3-17(8-15)39-13-23(27,28)29/h1-10,14,37H,11-13H2. The van der Waals surface area contributed by atoms with E-state index in [-0.39, 0.29) is 18.1 Å². The van der Waals surface area contributed by atoms with Crippen LogP contribution in [0.4, 0.5) is 30.7 Å². The van der Waals surface area contributed by atoms with E-state index < -0.39 is 53.7 Å². The first-order valence-corrected chi connectivity index (χ1v) is 11.0. The first-order chi connectivity index (χ1) is 18.4. The van der Waals surface area contributed by atoms with Crippen LogP contribution in [0.15, 0.2) is 67.1 Å². The molecule has 0 saturated carbocycles. The number of benzene rings is 2. The minimum absolute atomic E-state index is 0.00754. The van der Waals surface area contributed by atoms with Crippen molar-refractivity contribution in [1.29, 1.82) is 0 Å². The smallest absolute Gasteiger partial charge is 0.422 e. The van der Waals surface area contributed by atoms with Crippen molar-refractivity contribution in [2.45, 2.75) is 30.9 Å². The third-order valence-corrected chi connectivity index (χ3v) is 5.44. The summed E-state index contributed by atoms with van der Waals surface area (Å²) < 4.78 is 108. The first-order valence-electron chi connectivity index (χ1n) is 11.0. The van der Waals surface area contributed by atoms with E-state index in [9.17, 15) is 27.1 Å². The number of halogens is 7. The lowest BCUT2D eigenvalue weighted by atomic mass is 9.84. The fourth-order valence-electron chi connectivity index (χ4n) is 3.59. The van der Waals surface area contributed by atoms with Crippen molar-refractivity contribution in [2.75, 3.05) is 6.61 Å². The second-order valence-electron chi connectivity index (χ2n) is 8.29. The number of hydrogen-bond donors (Lipinski definition) is 1. The third-order valence-electron chi connectivity index (χ3n) is 5.44. The molecule has 2 heterocycles. The Morgan fingerprint density at radius 3 is 2.33 bits per heavy atom. The van der Waals surface area contributed by atoms with E-state index in [1.165, 1.54) is 18.2 Å². The molecule has 206 valence electrons. The fourth-order valence-corrected chi connectivity index (χ4v) is 3.59. The summed E-state index contributed by atoms with van der Waals surface area (Å²) in [4.78, 5) is 3.66. The molecular formula is C24H18F7N5O3. The van der Waals surface area contributed by atoms with Crippen LogP contribution < -0.4 is 9.47 Å². The zero-order valence-electron chi connectivity index (χ0n) is 19.6. The van der Waals surface area contributed by atoms with Crippen LogP contribution >= 0.6 is 0 Å². The van der Waals surface area contributed by atoms with Crippen LogP contribution in [0.2, 0.25) is 0 Å². The molecule has 0 saturated heterocycles. The number of rotatable bonds is 10. The highest BCUT2D eigenvalue weighted by Gasteiger charge is 2.58. The Morgan fingerprint density at radius 2 is 1.69 bits per heavy atom. The molecule has 2 aromatic heterocycles. The zero-order chi connectivity index (χ0) is 28.3. The molecule has 8 nitrogen and oxygen atoms in total. The molecule has 4 aromatic rings. The highest BCUT2D eigenvalue weighted by molar-refractivity contribution is 5.33. The molecule has 0 bridgehead atoms. The summed E-state index contributed by atoms with van der Waals surface area (Å²) >= 11 is 0. The maximum absolute atomic E-state index is 15.8. The largest absolute Gasteiger partial charge is 0.487 e. The molecule has 1 atom stereocenters. The van der Waals surface area contributed by atoms with Crippen molar-refractivity contribution in [3.63, 3.8) is 0 Å². The Balaban J connectivity index is 1.54. The first kappa shape index (κ1) is 27.8. The lowest BCUT2D eigenvalue weighted by Gasteiger charge is -2.35. The average Bonchev–Trinajstić information content (AvgIpc) is 3.39. The summed E-state index contributed by atoms with van der Waals surface area (Å²) in [6.45, 7) is -2.65. The van der Waals surface area contributed by atoms with Gasteiger partial charge in [0, 0.05) is 11.6 Å². The lowest BCUT2D eigenvalue weighted by molar-refractivity contribution is -0.207. The summed E-state index contributed by atoms with van der Waals surface area (Å²) in [5, 5.41) is 21.2. The Kier molecular flexibility index (Phi) is 7.72. The van der Waals surface area contributed by atoms with E-state index in [0.29, 0.717) is 23.8 Å². The van der Waals surface area contributed by atoms with Gasteiger partial charge in [0.05, 0.1) is 12.7 Å². The lowest BCUT2D eigenvalue weighted by Crippen LogP contribution is -2.48. The topological polar surface area (TPSA) is 95.2 Å². The average molecular weight is 557 g/mol. The number of alkyl halides is 5. The SMILES string of the molecule is OC(Cn1cnnn1)(c1ccc(F)cc1F)C(F)(F)c1ccc(OCc2cccc(OCC(F)(F)F)c2)cn1. The van der Waals surface area contributed by atoms with Crippen LogP contribution in [0.25, 0.3) is 0 Å². The van der Waals surface area contributed by atoms with Crippen molar-refractivity contribution in [2.24, 2.45) is 0 Å². The number of aliphatic hydroxyl groups is 1. The third kappa shape index (κ3) is 6.42. The molecule has 0 amide bonds. The van der Waals surface area contributed by atoms with E-state index in [1.807, 2.05) is 0 Å². The molecule has 39 heavy (non-hydrogen) atoms. The van der Waals surface area contributed by atoms with Crippen LogP contribution in [0, 0.1) is 11.6 Å². The zero-order valence-corrected chi connectivity index (χ0v) is 19.6. The monoisotopic (exact) mass is 557 g/mol. The number of ether oxygens (including phenoxy) is 2. The fraction of sp³-hybridized carbons (Fsp3) is 0.250. The van der Waals surface area contributed by atoms with E-state index >= 15 is 8.78 Å². The van der Waals surface area contributed by atoms with Gasteiger partial charge in [0.2, 0.25) is 0 Å². The van der Waals surface area contributed by atoms with Crippen molar-refractivity contribution >= 4 is 0 Å². The van der Waals surface area contributed by atoms with Crippen LogP contribution in [0.5, 0.6) is 11.5 Å². The minimum atomic E-state index is -4.51. The molecule has 2 aromatic carbocycles. The molecule has 1 unspecified atom stereocenters. The summed E-state index contributed by atoms with van der Waals surface area (Å²) in [5.74, 6) is -6.75. The van der Waals surface area contributed by atoms with Gasteiger partial charge in [-0.1, -0.05) is 12.1 Å². The summed E-state index contributed by atoms with van der Waals surface area (Å²) in [6.07, 6.45) is -2.66. The Hall–Kier alpha value is -4.27. The van der Waals surface area contributed by atoms with Gasteiger partial charge in [0.1, 0.15) is 41.8 Å². The van der Waals surface area contributed by atoms with Gasteiger partial charge in [-0.05, 0) is 52.4 Å². The molecular weight excluding hydrogens is 539 g/mol. The summed E-state index contributed by atoms with van der Waals surface area (Å²) in [6, 6.07) is 9.34. The molecule has 0 spiro atoms. The molecule has 1 N–H and O–H groups in total. The van der Waals surface area contributed by atoms with Crippen LogP contribution in [0.3, 0.4) is 0 Å². The normalized spacial score (nSPS) is 13.6. The van der Waals surface area contributed by atoms with Crippen LogP contribution in [-0.4, -0.2) is 43.1 Å². The van der Waals surface area contributed by atoms with Crippen molar-refractivity contribution in [3.05, 3.63) is 95.6 Å². The van der Waals surface area contributed by atoms with E-state index in [2.05, 4.69) is 25.2 Å². The van der Waals surface area contributed by atoms with Crippen molar-refractivity contribution in [1.82, 2.24) is 25.2 Å². The van der Waals surface area contributed by atoms with E-state index in [0.717, 1.165) is 29.3 Å². The minimum Gasteiger partial charge on any atom is -0.487 e. The molecule has 0 aliphatic heterocycles. The quantitative estimate of drug-likeness (QED) is 0.286.